The van der Waals surface area contributed by atoms with Gasteiger partial charge in [-0.15, -0.1) is 0 Å². The van der Waals surface area contributed by atoms with Crippen molar-refractivity contribution in [1.29, 1.82) is 0 Å². The van der Waals surface area contributed by atoms with Crippen molar-refractivity contribution in [3.05, 3.63) is 64.9 Å². The molecule has 30 heavy (non-hydrogen) atoms. The molecule has 0 spiro atoms. The van der Waals surface area contributed by atoms with Gasteiger partial charge in [0.1, 0.15) is 5.82 Å². The van der Waals surface area contributed by atoms with Gasteiger partial charge >= 0.3 is 6.03 Å². The van der Waals surface area contributed by atoms with E-state index in [9.17, 15) is 9.18 Å². The number of nitrogens with zero attached hydrogens (tertiary/aromatic N) is 3. The standard InChI is InChI=1S/C23H28ClFN4O/c24-21-3-1-2-4-22(21)28-13-15-29(16-14-28)23(30)26-20-9-11-27(12-10-20)17-18-5-7-19(25)8-6-18/h1-8,20H,9-17H2,(H,26,30). The third-order valence-corrected chi connectivity index (χ3v) is 6.31. The molecule has 2 aliphatic rings. The summed E-state index contributed by atoms with van der Waals surface area (Å²) in [6, 6.07) is 14.8. The Kier molecular flexibility index (Phi) is 6.75. The zero-order valence-electron chi connectivity index (χ0n) is 17.1. The molecule has 2 aromatic carbocycles. The van der Waals surface area contributed by atoms with Crippen molar-refractivity contribution in [3.8, 4) is 0 Å². The molecule has 5 nitrogen and oxygen atoms in total. The minimum Gasteiger partial charge on any atom is -0.367 e. The van der Waals surface area contributed by atoms with Crippen molar-refractivity contribution in [2.24, 2.45) is 0 Å². The molecule has 2 aromatic rings. The summed E-state index contributed by atoms with van der Waals surface area (Å²) in [6.07, 6.45) is 1.87. The van der Waals surface area contributed by atoms with Crippen LogP contribution < -0.4 is 10.2 Å². The van der Waals surface area contributed by atoms with Crippen molar-refractivity contribution in [1.82, 2.24) is 15.1 Å². The Hall–Kier alpha value is -2.31. The van der Waals surface area contributed by atoms with Crippen LogP contribution in [-0.4, -0.2) is 61.1 Å². The third kappa shape index (κ3) is 5.24. The Labute approximate surface area is 182 Å². The van der Waals surface area contributed by atoms with Gasteiger partial charge in [-0.1, -0.05) is 35.9 Å². The summed E-state index contributed by atoms with van der Waals surface area (Å²) in [7, 11) is 0. The van der Waals surface area contributed by atoms with E-state index in [2.05, 4.69) is 15.1 Å². The molecule has 2 fully saturated rings. The molecule has 4 rings (SSSR count). The maximum Gasteiger partial charge on any atom is 0.317 e. The lowest BCUT2D eigenvalue weighted by Gasteiger charge is -2.38. The van der Waals surface area contributed by atoms with Crippen LogP contribution in [0.2, 0.25) is 5.02 Å². The quantitative estimate of drug-likeness (QED) is 0.797. The predicted octanol–water partition coefficient (Wildman–Crippen LogP) is 3.98. The highest BCUT2D eigenvalue weighted by atomic mass is 35.5. The number of amides is 2. The lowest BCUT2D eigenvalue weighted by atomic mass is 10.0. The second-order valence-electron chi connectivity index (χ2n) is 8.05. The zero-order valence-corrected chi connectivity index (χ0v) is 17.8. The van der Waals surface area contributed by atoms with Crippen LogP contribution in [0.15, 0.2) is 48.5 Å². The van der Waals surface area contributed by atoms with Crippen LogP contribution in [0, 0.1) is 5.82 Å². The first-order chi connectivity index (χ1) is 14.6. The van der Waals surface area contributed by atoms with E-state index in [-0.39, 0.29) is 17.9 Å². The van der Waals surface area contributed by atoms with Gasteiger partial charge in [-0.25, -0.2) is 9.18 Å². The Morgan fingerprint density at radius 3 is 2.30 bits per heavy atom. The SMILES string of the molecule is O=C(NC1CCN(Cc2ccc(F)cc2)CC1)N1CCN(c2ccccc2Cl)CC1. The number of piperidine rings is 1. The second-order valence-corrected chi connectivity index (χ2v) is 8.46. The molecule has 7 heteroatoms. The minimum atomic E-state index is -0.201. The first-order valence-electron chi connectivity index (χ1n) is 10.6. The smallest absolute Gasteiger partial charge is 0.317 e. The van der Waals surface area contributed by atoms with Gasteiger partial charge in [0.25, 0.3) is 0 Å². The van der Waals surface area contributed by atoms with Crippen molar-refractivity contribution < 1.29 is 9.18 Å². The van der Waals surface area contributed by atoms with E-state index in [1.54, 1.807) is 0 Å². The van der Waals surface area contributed by atoms with Crippen molar-refractivity contribution in [2.45, 2.75) is 25.4 Å². The fourth-order valence-electron chi connectivity index (χ4n) is 4.21. The molecule has 0 atom stereocenters. The molecule has 2 heterocycles. The number of halogens is 2. The molecule has 0 aliphatic carbocycles. The van der Waals surface area contributed by atoms with Crippen molar-refractivity contribution in [2.75, 3.05) is 44.2 Å². The van der Waals surface area contributed by atoms with Crippen LogP contribution in [0.4, 0.5) is 14.9 Å². The van der Waals surface area contributed by atoms with Crippen LogP contribution in [0.3, 0.4) is 0 Å². The van der Waals surface area contributed by atoms with Crippen molar-refractivity contribution >= 4 is 23.3 Å². The van der Waals surface area contributed by atoms with Gasteiger partial charge in [0.15, 0.2) is 0 Å². The Bertz CT molecular complexity index is 847. The molecular weight excluding hydrogens is 403 g/mol. The number of nitrogens with one attached hydrogen (secondary N) is 1. The summed E-state index contributed by atoms with van der Waals surface area (Å²) in [5.74, 6) is -0.201. The van der Waals surface area contributed by atoms with Gasteiger partial charge in [-0.2, -0.15) is 0 Å². The fraction of sp³-hybridized carbons (Fsp3) is 0.435. The molecule has 0 aromatic heterocycles. The third-order valence-electron chi connectivity index (χ3n) is 5.99. The van der Waals surface area contributed by atoms with Gasteiger partial charge in [0, 0.05) is 51.9 Å². The summed E-state index contributed by atoms with van der Waals surface area (Å²) in [4.78, 5) is 19.2. The normalized spacial score (nSPS) is 18.5. The Morgan fingerprint density at radius 2 is 1.63 bits per heavy atom. The summed E-state index contributed by atoms with van der Waals surface area (Å²) in [5.41, 5.74) is 2.16. The number of benzene rings is 2. The van der Waals surface area contributed by atoms with Crippen LogP contribution in [0.1, 0.15) is 18.4 Å². The highest BCUT2D eigenvalue weighted by Crippen LogP contribution is 2.26. The number of rotatable bonds is 4. The van der Waals surface area contributed by atoms with E-state index < -0.39 is 0 Å². The van der Waals surface area contributed by atoms with E-state index >= 15 is 0 Å². The van der Waals surface area contributed by atoms with Crippen molar-refractivity contribution in [3.63, 3.8) is 0 Å². The number of carbonyl (C=O) groups is 1. The molecular formula is C23H28ClFN4O. The van der Waals surface area contributed by atoms with Gasteiger partial charge in [0.05, 0.1) is 10.7 Å². The van der Waals surface area contributed by atoms with E-state index in [0.29, 0.717) is 13.1 Å². The maximum absolute atomic E-state index is 13.1. The number of hydrogen-bond donors (Lipinski definition) is 1. The van der Waals surface area contributed by atoms with E-state index in [1.165, 1.54) is 12.1 Å². The number of para-hydroxylation sites is 1. The number of carbonyl (C=O) groups excluding carboxylic acids is 1. The fourth-order valence-corrected chi connectivity index (χ4v) is 4.46. The molecule has 0 saturated carbocycles. The van der Waals surface area contributed by atoms with Crippen LogP contribution in [-0.2, 0) is 6.54 Å². The molecule has 160 valence electrons. The van der Waals surface area contributed by atoms with E-state index in [1.807, 2.05) is 41.3 Å². The average molecular weight is 431 g/mol. The molecule has 0 radical (unpaired) electrons. The van der Waals surface area contributed by atoms with Crippen LogP contribution in [0.25, 0.3) is 0 Å². The Balaban J connectivity index is 1.20. The van der Waals surface area contributed by atoms with E-state index in [4.69, 9.17) is 11.6 Å². The zero-order chi connectivity index (χ0) is 20.9. The number of piperazine rings is 1. The lowest BCUT2D eigenvalue weighted by Crippen LogP contribution is -2.54. The predicted molar refractivity (Wildman–Crippen MR) is 118 cm³/mol. The summed E-state index contributed by atoms with van der Waals surface area (Å²) >= 11 is 6.30. The monoisotopic (exact) mass is 430 g/mol. The highest BCUT2D eigenvalue weighted by molar-refractivity contribution is 6.33. The van der Waals surface area contributed by atoms with Crippen LogP contribution in [0.5, 0.6) is 0 Å². The lowest BCUT2D eigenvalue weighted by molar-refractivity contribution is 0.167. The first-order valence-corrected chi connectivity index (χ1v) is 11.0. The number of urea groups is 1. The van der Waals surface area contributed by atoms with E-state index in [0.717, 1.165) is 61.8 Å². The maximum atomic E-state index is 13.1. The molecule has 2 saturated heterocycles. The topological polar surface area (TPSA) is 38.8 Å². The van der Waals surface area contributed by atoms with Gasteiger partial charge < -0.3 is 15.1 Å². The van der Waals surface area contributed by atoms with Crippen LogP contribution >= 0.6 is 11.6 Å². The second kappa shape index (κ2) is 9.67. The Morgan fingerprint density at radius 1 is 0.967 bits per heavy atom. The highest BCUT2D eigenvalue weighted by Gasteiger charge is 2.26. The van der Waals surface area contributed by atoms with Gasteiger partial charge in [-0.05, 0) is 42.7 Å². The molecule has 2 amide bonds. The minimum absolute atomic E-state index is 0.0331. The number of hydrogen-bond acceptors (Lipinski definition) is 3. The van der Waals surface area contributed by atoms with Gasteiger partial charge in [0.2, 0.25) is 0 Å². The number of likely N-dealkylation sites (tertiary alicyclic amines) is 1. The molecule has 2 aliphatic heterocycles. The largest absolute Gasteiger partial charge is 0.367 e. The summed E-state index contributed by atoms with van der Waals surface area (Å²) < 4.78 is 13.1. The first kappa shape index (κ1) is 20.9. The number of anilines is 1. The summed E-state index contributed by atoms with van der Waals surface area (Å²) in [5, 5.41) is 3.97. The molecule has 1 N–H and O–H groups in total. The van der Waals surface area contributed by atoms with Gasteiger partial charge in [-0.3, -0.25) is 4.90 Å². The summed E-state index contributed by atoms with van der Waals surface area (Å²) in [6.45, 7) is 5.65. The molecule has 0 unspecified atom stereocenters. The molecule has 0 bridgehead atoms. The average Bonchev–Trinajstić information content (AvgIpc) is 2.77.